The van der Waals surface area contributed by atoms with Gasteiger partial charge in [-0.3, -0.25) is 9.97 Å². The topological polar surface area (TPSA) is 30.7 Å². The van der Waals surface area contributed by atoms with Crippen LogP contribution in [0.5, 0.6) is 0 Å². The molecule has 0 atom stereocenters. The van der Waals surface area contributed by atoms with Gasteiger partial charge in [-0.2, -0.15) is 0 Å². The highest BCUT2D eigenvalue weighted by Gasteiger charge is 2.36. The van der Waals surface area contributed by atoms with Gasteiger partial charge in [0, 0.05) is 45.0 Å². The van der Waals surface area contributed by atoms with Gasteiger partial charge in [-0.1, -0.05) is 141 Å². The molecule has 272 valence electrons. The van der Waals surface area contributed by atoms with Crippen LogP contribution in [0.3, 0.4) is 0 Å². The summed E-state index contributed by atoms with van der Waals surface area (Å²) in [6, 6.07) is 64.8. The summed E-state index contributed by atoms with van der Waals surface area (Å²) in [6.07, 6.45) is 3.58. The van der Waals surface area contributed by atoms with Crippen molar-refractivity contribution in [1.29, 1.82) is 0 Å². The minimum absolute atomic E-state index is 0.166. The summed E-state index contributed by atoms with van der Waals surface area (Å²) in [5.74, 6) is 0. The zero-order valence-electron chi connectivity index (χ0n) is 32.2. The molecule has 1 aliphatic carbocycles. The van der Waals surface area contributed by atoms with E-state index in [1.54, 1.807) is 12.4 Å². The van der Waals surface area contributed by atoms with E-state index in [9.17, 15) is 0 Å². The highest BCUT2D eigenvalue weighted by Crippen LogP contribution is 2.51. The fraction of sp³-hybridized carbons (Fsp3) is 0.0545. The molecule has 9 aromatic carbocycles. The van der Waals surface area contributed by atoms with E-state index >= 15 is 0 Å². The Morgan fingerprint density at radius 3 is 1.57 bits per heavy atom. The maximum Gasteiger partial charge on any atom is 0.0971 e. The normalized spacial score (nSPS) is 13.1. The van der Waals surface area contributed by atoms with E-state index in [0.717, 1.165) is 21.8 Å². The SMILES string of the molecule is CC1(C)c2cc(-c3cccc(-c4ccc5c6ccccc6c6nccnc6c5c4)c3)ccc2-c2ccc(-c3ccc4c5ccccc5n(-c5ccccc5)c4c3)cc21. The summed E-state index contributed by atoms with van der Waals surface area (Å²) in [5, 5.41) is 7.20. The second kappa shape index (κ2) is 12.3. The van der Waals surface area contributed by atoms with E-state index in [1.807, 2.05) is 0 Å². The van der Waals surface area contributed by atoms with Gasteiger partial charge >= 0.3 is 0 Å². The highest BCUT2D eigenvalue weighted by molar-refractivity contribution is 6.23. The smallest absolute Gasteiger partial charge is 0.0971 e. The average Bonchev–Trinajstić information content (AvgIpc) is 3.73. The minimum atomic E-state index is -0.166. The van der Waals surface area contributed by atoms with Crippen LogP contribution in [0.2, 0.25) is 0 Å². The summed E-state index contributed by atoms with van der Waals surface area (Å²) in [6.45, 7) is 4.76. The first kappa shape index (κ1) is 32.8. The lowest BCUT2D eigenvalue weighted by Gasteiger charge is -2.23. The maximum absolute atomic E-state index is 4.82. The first-order valence-corrected chi connectivity index (χ1v) is 20.1. The number of fused-ring (bicyclic) bond motifs is 12. The molecule has 2 heterocycles. The first-order valence-electron chi connectivity index (χ1n) is 20.1. The Kier molecular flexibility index (Phi) is 6.98. The quantitative estimate of drug-likeness (QED) is 0.168. The summed E-state index contributed by atoms with van der Waals surface area (Å²) in [4.78, 5) is 9.58. The molecule has 3 nitrogen and oxygen atoms in total. The number of rotatable bonds is 4. The molecular formula is C55H37N3. The second-order valence-corrected chi connectivity index (χ2v) is 16.2. The fourth-order valence-electron chi connectivity index (χ4n) is 9.79. The van der Waals surface area contributed by atoms with Crippen LogP contribution in [0.25, 0.3) is 105 Å². The van der Waals surface area contributed by atoms with Crippen molar-refractivity contribution in [3.63, 3.8) is 0 Å². The van der Waals surface area contributed by atoms with Crippen LogP contribution >= 0.6 is 0 Å². The predicted molar refractivity (Wildman–Crippen MR) is 243 cm³/mol. The highest BCUT2D eigenvalue weighted by atomic mass is 15.0. The molecule has 12 rings (SSSR count). The molecule has 0 saturated heterocycles. The van der Waals surface area contributed by atoms with E-state index in [0.29, 0.717) is 0 Å². The summed E-state index contributed by atoms with van der Waals surface area (Å²) in [7, 11) is 0. The predicted octanol–water partition coefficient (Wildman–Crippen LogP) is 14.3. The van der Waals surface area contributed by atoms with E-state index in [-0.39, 0.29) is 5.41 Å². The van der Waals surface area contributed by atoms with Crippen molar-refractivity contribution in [3.8, 4) is 50.2 Å². The molecule has 0 saturated carbocycles. The summed E-state index contributed by atoms with van der Waals surface area (Å²) < 4.78 is 2.40. The Hall–Kier alpha value is -7.36. The molecule has 0 N–H and O–H groups in total. The van der Waals surface area contributed by atoms with Crippen LogP contribution in [0.4, 0.5) is 0 Å². The standard InChI is InChI=1S/C55H37N3/c1-55(2)49-31-37(35-12-10-11-34(29-35)36-19-23-42-41-15-6-7-17-47(41)53-54(48(42)30-36)57-28-27-56-53)20-24-43(49)44-25-21-38(32-50(44)55)39-22-26-46-45-16-8-9-18-51(45)58(52(46)33-39)40-13-4-3-5-14-40/h3-33H,1-2H3. The lowest BCUT2D eigenvalue weighted by Crippen LogP contribution is -2.15. The molecule has 0 spiro atoms. The van der Waals surface area contributed by atoms with Gasteiger partial charge in [-0.25, -0.2) is 0 Å². The van der Waals surface area contributed by atoms with Gasteiger partial charge in [0.15, 0.2) is 0 Å². The zero-order chi connectivity index (χ0) is 38.5. The number of nitrogens with zero attached hydrogens (tertiary/aromatic N) is 3. The second-order valence-electron chi connectivity index (χ2n) is 16.2. The van der Waals surface area contributed by atoms with Crippen LogP contribution in [-0.4, -0.2) is 14.5 Å². The van der Waals surface area contributed by atoms with Crippen molar-refractivity contribution < 1.29 is 0 Å². The van der Waals surface area contributed by atoms with Gasteiger partial charge in [-0.05, 0) is 115 Å². The molecule has 0 amide bonds. The Balaban J connectivity index is 0.919. The van der Waals surface area contributed by atoms with Gasteiger partial charge in [-0.15, -0.1) is 0 Å². The van der Waals surface area contributed by atoms with Crippen molar-refractivity contribution in [3.05, 3.63) is 199 Å². The number of aromatic nitrogens is 3. The van der Waals surface area contributed by atoms with Crippen LogP contribution in [0.1, 0.15) is 25.0 Å². The molecule has 0 radical (unpaired) electrons. The van der Waals surface area contributed by atoms with Crippen molar-refractivity contribution in [2.24, 2.45) is 0 Å². The molecule has 3 heteroatoms. The van der Waals surface area contributed by atoms with Crippen molar-refractivity contribution in [1.82, 2.24) is 14.5 Å². The molecule has 0 unspecified atom stereocenters. The third-order valence-electron chi connectivity index (χ3n) is 12.7. The summed E-state index contributed by atoms with van der Waals surface area (Å²) in [5.41, 5.74) is 18.0. The third kappa shape index (κ3) is 4.80. The minimum Gasteiger partial charge on any atom is -0.309 e. The van der Waals surface area contributed by atoms with Gasteiger partial charge in [0.1, 0.15) is 0 Å². The van der Waals surface area contributed by atoms with Crippen molar-refractivity contribution in [2.45, 2.75) is 19.3 Å². The average molecular weight is 740 g/mol. The molecule has 58 heavy (non-hydrogen) atoms. The van der Waals surface area contributed by atoms with Crippen molar-refractivity contribution >= 4 is 54.4 Å². The number of para-hydroxylation sites is 2. The number of hydrogen-bond donors (Lipinski definition) is 0. The molecule has 2 aromatic heterocycles. The molecule has 0 aliphatic heterocycles. The van der Waals surface area contributed by atoms with Gasteiger partial charge < -0.3 is 4.57 Å². The monoisotopic (exact) mass is 739 g/mol. The fourth-order valence-corrected chi connectivity index (χ4v) is 9.79. The van der Waals surface area contributed by atoms with E-state index in [2.05, 4.69) is 194 Å². The zero-order valence-corrected chi connectivity index (χ0v) is 32.2. The first-order chi connectivity index (χ1) is 28.5. The Bertz CT molecular complexity index is 3450. The van der Waals surface area contributed by atoms with Crippen LogP contribution < -0.4 is 0 Å². The van der Waals surface area contributed by atoms with Crippen LogP contribution in [-0.2, 0) is 5.41 Å². The van der Waals surface area contributed by atoms with Gasteiger partial charge in [0.25, 0.3) is 0 Å². The van der Waals surface area contributed by atoms with E-state index in [1.165, 1.54) is 93.9 Å². The molecule has 0 bridgehead atoms. The molecule has 11 aromatic rings. The molecule has 1 aliphatic rings. The largest absolute Gasteiger partial charge is 0.309 e. The van der Waals surface area contributed by atoms with Crippen LogP contribution in [0, 0.1) is 0 Å². The maximum atomic E-state index is 4.82. The van der Waals surface area contributed by atoms with Gasteiger partial charge in [0.2, 0.25) is 0 Å². The molecular weight excluding hydrogens is 703 g/mol. The van der Waals surface area contributed by atoms with Crippen LogP contribution in [0.15, 0.2) is 188 Å². The molecule has 0 fully saturated rings. The van der Waals surface area contributed by atoms with Gasteiger partial charge in [0.05, 0.1) is 22.1 Å². The van der Waals surface area contributed by atoms with E-state index in [4.69, 9.17) is 9.97 Å². The van der Waals surface area contributed by atoms with Crippen molar-refractivity contribution in [2.75, 3.05) is 0 Å². The lowest BCUT2D eigenvalue weighted by molar-refractivity contribution is 0.661. The summed E-state index contributed by atoms with van der Waals surface area (Å²) >= 11 is 0. The number of hydrogen-bond acceptors (Lipinski definition) is 2. The Morgan fingerprint density at radius 2 is 0.862 bits per heavy atom. The Labute approximate surface area is 336 Å². The third-order valence-corrected chi connectivity index (χ3v) is 12.7. The lowest BCUT2D eigenvalue weighted by atomic mass is 9.80. The van der Waals surface area contributed by atoms with E-state index < -0.39 is 0 Å². The number of benzene rings is 9. The Morgan fingerprint density at radius 1 is 0.362 bits per heavy atom.